The van der Waals surface area contributed by atoms with Gasteiger partial charge < -0.3 is 10.1 Å². The molecule has 2 rings (SSSR count). The average Bonchev–Trinajstić information content (AvgIpc) is 2.48. The maximum absolute atomic E-state index is 5.80. The third kappa shape index (κ3) is 5.46. The maximum atomic E-state index is 5.80. The Kier molecular flexibility index (Phi) is 6.74. The van der Waals surface area contributed by atoms with Crippen molar-refractivity contribution in [1.82, 2.24) is 5.32 Å². The van der Waals surface area contributed by atoms with Gasteiger partial charge in [-0.3, -0.25) is 0 Å². The van der Waals surface area contributed by atoms with E-state index in [1.807, 2.05) is 24.3 Å². The molecule has 0 aliphatic carbocycles. The van der Waals surface area contributed by atoms with Crippen LogP contribution in [0.2, 0.25) is 0 Å². The van der Waals surface area contributed by atoms with E-state index in [4.69, 9.17) is 4.74 Å². The maximum Gasteiger partial charge on any atom is 0.119 e. The second-order valence-electron chi connectivity index (χ2n) is 4.85. The first-order valence-electron chi connectivity index (χ1n) is 7.05. The van der Waals surface area contributed by atoms with Gasteiger partial charge in [0.25, 0.3) is 0 Å². The van der Waals surface area contributed by atoms with Crippen LogP contribution in [0.4, 0.5) is 0 Å². The smallest absolute Gasteiger partial charge is 0.119 e. The summed E-state index contributed by atoms with van der Waals surface area (Å²) in [5.41, 5.74) is 2.43. The second-order valence-corrected chi connectivity index (χ2v) is 6.62. The molecule has 1 N–H and O–H groups in total. The first kappa shape index (κ1) is 16.5. The van der Waals surface area contributed by atoms with E-state index in [0.717, 1.165) is 39.8 Å². The molecule has 0 bridgehead atoms. The Morgan fingerprint density at radius 3 is 2.48 bits per heavy atom. The van der Waals surface area contributed by atoms with Crippen LogP contribution < -0.4 is 10.1 Å². The Morgan fingerprint density at radius 1 is 1.05 bits per heavy atom. The van der Waals surface area contributed by atoms with Crippen LogP contribution in [0, 0.1) is 0 Å². The van der Waals surface area contributed by atoms with Gasteiger partial charge in [-0.05, 0) is 48.9 Å². The van der Waals surface area contributed by atoms with Gasteiger partial charge in [-0.15, -0.1) is 0 Å². The lowest BCUT2D eigenvalue weighted by Gasteiger charge is -2.10. The van der Waals surface area contributed by atoms with Gasteiger partial charge >= 0.3 is 0 Å². The zero-order chi connectivity index (χ0) is 15.1. The summed E-state index contributed by atoms with van der Waals surface area (Å²) in [6.07, 6.45) is 1.15. The Balaban J connectivity index is 1.92. The Morgan fingerprint density at radius 2 is 1.81 bits per heavy atom. The van der Waals surface area contributed by atoms with E-state index >= 15 is 0 Å². The molecule has 2 aromatic rings. The van der Waals surface area contributed by atoms with Gasteiger partial charge in [0.15, 0.2) is 0 Å². The molecule has 0 saturated heterocycles. The highest BCUT2D eigenvalue weighted by Crippen LogP contribution is 2.22. The van der Waals surface area contributed by atoms with Crippen molar-refractivity contribution in [3.8, 4) is 5.75 Å². The van der Waals surface area contributed by atoms with Crippen molar-refractivity contribution >= 4 is 31.9 Å². The molecule has 0 amide bonds. The molecule has 4 heteroatoms. The predicted octanol–water partition coefficient (Wildman–Crippen LogP) is 5.29. The lowest BCUT2D eigenvalue weighted by atomic mass is 10.1. The molecule has 21 heavy (non-hydrogen) atoms. The van der Waals surface area contributed by atoms with Crippen molar-refractivity contribution < 1.29 is 4.74 Å². The summed E-state index contributed by atoms with van der Waals surface area (Å²) in [5.74, 6) is 0.874. The van der Waals surface area contributed by atoms with E-state index in [1.54, 1.807) is 0 Å². The molecule has 0 fully saturated rings. The second kappa shape index (κ2) is 8.57. The van der Waals surface area contributed by atoms with Gasteiger partial charge in [-0.2, -0.15) is 0 Å². The molecule has 0 atom stereocenters. The van der Waals surface area contributed by atoms with Crippen LogP contribution in [0.3, 0.4) is 0 Å². The number of nitrogens with one attached hydrogen (secondary N) is 1. The first-order valence-corrected chi connectivity index (χ1v) is 8.64. The summed E-state index contributed by atoms with van der Waals surface area (Å²) in [6, 6.07) is 14.3. The zero-order valence-electron chi connectivity index (χ0n) is 12.0. The van der Waals surface area contributed by atoms with Crippen molar-refractivity contribution in [2.75, 3.05) is 6.54 Å². The number of halogens is 2. The molecule has 0 saturated carbocycles. The van der Waals surface area contributed by atoms with E-state index in [0.29, 0.717) is 6.61 Å². The van der Waals surface area contributed by atoms with Crippen molar-refractivity contribution in [2.45, 2.75) is 26.5 Å². The Labute approximate surface area is 143 Å². The minimum Gasteiger partial charge on any atom is -0.489 e. The lowest BCUT2D eigenvalue weighted by Crippen LogP contribution is -2.13. The SMILES string of the molecule is CCCNCc1ccc(COc2ccc(Br)cc2)c(Br)c1. The first-order chi connectivity index (χ1) is 10.2. The third-order valence-corrected chi connectivity index (χ3v) is 4.35. The van der Waals surface area contributed by atoms with Gasteiger partial charge in [0.2, 0.25) is 0 Å². The lowest BCUT2D eigenvalue weighted by molar-refractivity contribution is 0.305. The predicted molar refractivity (Wildman–Crippen MR) is 94.6 cm³/mol. The van der Waals surface area contributed by atoms with Crippen LogP contribution in [0.15, 0.2) is 51.4 Å². The van der Waals surface area contributed by atoms with Gasteiger partial charge in [0, 0.05) is 21.1 Å². The Bertz CT molecular complexity index is 570. The van der Waals surface area contributed by atoms with E-state index < -0.39 is 0 Å². The summed E-state index contributed by atoms with van der Waals surface area (Å²) < 4.78 is 7.95. The number of benzene rings is 2. The third-order valence-electron chi connectivity index (χ3n) is 3.08. The van der Waals surface area contributed by atoms with Gasteiger partial charge in [-0.1, -0.05) is 50.9 Å². The van der Waals surface area contributed by atoms with Gasteiger partial charge in [0.05, 0.1) is 0 Å². The summed E-state index contributed by atoms with van der Waals surface area (Å²) in [4.78, 5) is 0. The molecule has 0 aliphatic rings. The largest absolute Gasteiger partial charge is 0.489 e. The molecule has 0 heterocycles. The average molecular weight is 413 g/mol. The molecule has 0 spiro atoms. The van der Waals surface area contributed by atoms with Crippen LogP contribution in [0.1, 0.15) is 24.5 Å². The van der Waals surface area contributed by atoms with E-state index in [1.165, 1.54) is 5.56 Å². The molecular weight excluding hydrogens is 394 g/mol. The highest BCUT2D eigenvalue weighted by atomic mass is 79.9. The highest BCUT2D eigenvalue weighted by molar-refractivity contribution is 9.10. The van der Waals surface area contributed by atoms with E-state index in [9.17, 15) is 0 Å². The van der Waals surface area contributed by atoms with E-state index in [2.05, 4.69) is 62.3 Å². The normalized spacial score (nSPS) is 10.6. The van der Waals surface area contributed by atoms with Crippen molar-refractivity contribution in [3.05, 3.63) is 62.5 Å². The topological polar surface area (TPSA) is 21.3 Å². The van der Waals surface area contributed by atoms with E-state index in [-0.39, 0.29) is 0 Å². The van der Waals surface area contributed by atoms with Crippen LogP contribution in [-0.4, -0.2) is 6.54 Å². The Hall–Kier alpha value is -0.840. The van der Waals surface area contributed by atoms with Crippen LogP contribution >= 0.6 is 31.9 Å². The quantitative estimate of drug-likeness (QED) is 0.623. The van der Waals surface area contributed by atoms with Crippen LogP contribution in [0.25, 0.3) is 0 Å². The number of hydrogen-bond acceptors (Lipinski definition) is 2. The molecule has 0 aromatic heterocycles. The van der Waals surface area contributed by atoms with Gasteiger partial charge in [-0.25, -0.2) is 0 Å². The summed E-state index contributed by atoms with van der Waals surface area (Å²) >= 11 is 7.04. The summed E-state index contributed by atoms with van der Waals surface area (Å²) in [5, 5.41) is 3.40. The molecule has 0 aliphatic heterocycles. The number of ether oxygens (including phenoxy) is 1. The molecule has 0 radical (unpaired) electrons. The zero-order valence-corrected chi connectivity index (χ0v) is 15.2. The summed E-state index contributed by atoms with van der Waals surface area (Å²) in [6.45, 7) is 4.68. The van der Waals surface area contributed by atoms with Gasteiger partial charge in [0.1, 0.15) is 12.4 Å². The van der Waals surface area contributed by atoms with Crippen molar-refractivity contribution in [3.63, 3.8) is 0 Å². The fourth-order valence-electron chi connectivity index (χ4n) is 1.92. The fraction of sp³-hybridized carbons (Fsp3) is 0.294. The number of hydrogen-bond donors (Lipinski definition) is 1. The minimum atomic E-state index is 0.560. The van der Waals surface area contributed by atoms with Crippen LogP contribution in [-0.2, 0) is 13.2 Å². The van der Waals surface area contributed by atoms with Crippen molar-refractivity contribution in [1.29, 1.82) is 0 Å². The number of rotatable bonds is 7. The van der Waals surface area contributed by atoms with Crippen molar-refractivity contribution in [2.24, 2.45) is 0 Å². The standard InChI is InChI=1S/C17H19Br2NO/c1-2-9-20-11-13-3-4-14(17(19)10-13)12-21-16-7-5-15(18)6-8-16/h3-8,10,20H,2,9,11-12H2,1H3. The fourth-order valence-corrected chi connectivity index (χ4v) is 2.72. The highest BCUT2D eigenvalue weighted by Gasteiger charge is 2.03. The minimum absolute atomic E-state index is 0.560. The summed E-state index contributed by atoms with van der Waals surface area (Å²) in [7, 11) is 0. The molecule has 2 aromatic carbocycles. The molecule has 2 nitrogen and oxygen atoms in total. The van der Waals surface area contributed by atoms with Crippen LogP contribution in [0.5, 0.6) is 5.75 Å². The monoisotopic (exact) mass is 411 g/mol. The molecule has 112 valence electrons. The molecular formula is C17H19Br2NO. The molecule has 0 unspecified atom stereocenters.